The molecule has 0 aliphatic carbocycles. The molecule has 1 aromatic carbocycles. The fourth-order valence-corrected chi connectivity index (χ4v) is 5.55. The summed E-state index contributed by atoms with van der Waals surface area (Å²) in [5.41, 5.74) is -0.0206. The van der Waals surface area contributed by atoms with Gasteiger partial charge in [-0.15, -0.1) is 11.8 Å². The quantitative estimate of drug-likeness (QED) is 0.777. The van der Waals surface area contributed by atoms with Gasteiger partial charge in [-0.3, -0.25) is 9.69 Å². The summed E-state index contributed by atoms with van der Waals surface area (Å²) >= 11 is 1.67. The number of piperazine rings is 1. The van der Waals surface area contributed by atoms with Crippen LogP contribution in [0.3, 0.4) is 0 Å². The maximum Gasteiger partial charge on any atom is 0.416 e. The monoisotopic (exact) mass is 415 g/mol. The first-order valence-corrected chi connectivity index (χ1v) is 10.6. The third-order valence-corrected chi connectivity index (χ3v) is 7.08. The lowest BCUT2D eigenvalue weighted by Gasteiger charge is -2.46. The van der Waals surface area contributed by atoms with Gasteiger partial charge in [-0.1, -0.05) is 19.4 Å². The third kappa shape index (κ3) is 4.27. The van der Waals surface area contributed by atoms with Crippen LogP contribution >= 0.6 is 11.8 Å². The van der Waals surface area contributed by atoms with E-state index in [0.717, 1.165) is 25.3 Å². The van der Waals surface area contributed by atoms with Gasteiger partial charge in [0.15, 0.2) is 0 Å². The normalized spacial score (nSPS) is 25.8. The topological polar surface area (TPSA) is 35.6 Å². The molecule has 1 atom stereocenters. The van der Waals surface area contributed by atoms with Crippen molar-refractivity contribution in [3.05, 3.63) is 29.8 Å². The largest absolute Gasteiger partial charge is 0.416 e. The Balaban J connectivity index is 1.72. The highest BCUT2D eigenvalue weighted by Crippen LogP contribution is 2.46. The Kier molecular flexibility index (Phi) is 5.92. The number of halogens is 3. The van der Waals surface area contributed by atoms with Crippen LogP contribution in [0.25, 0.3) is 0 Å². The second kappa shape index (κ2) is 7.78. The van der Waals surface area contributed by atoms with Crippen LogP contribution in [0.15, 0.2) is 24.3 Å². The second-order valence-corrected chi connectivity index (χ2v) is 9.88. The van der Waals surface area contributed by atoms with E-state index in [1.54, 1.807) is 17.8 Å². The number of unbranched alkanes of at least 4 members (excludes halogenated alkanes) is 1. The molecule has 2 aliphatic heterocycles. The molecule has 0 bridgehead atoms. The van der Waals surface area contributed by atoms with Crippen LogP contribution in [0, 0.1) is 0 Å². The zero-order valence-corrected chi connectivity index (χ0v) is 17.4. The predicted octanol–water partition coefficient (Wildman–Crippen LogP) is 4.31. The average molecular weight is 416 g/mol. The molecule has 1 aromatic rings. The SMILES string of the molecule is CCCCC1(N2CCN(c3cccc(C(F)(F)F)c3)CC2)NC(=O)C(C)(C)S1. The van der Waals surface area contributed by atoms with Crippen molar-refractivity contribution in [2.75, 3.05) is 31.1 Å². The second-order valence-electron chi connectivity index (χ2n) is 7.98. The summed E-state index contributed by atoms with van der Waals surface area (Å²) in [4.78, 5) is 16.3. The fourth-order valence-electron chi connectivity index (χ4n) is 3.86. The van der Waals surface area contributed by atoms with E-state index in [9.17, 15) is 18.0 Å². The van der Waals surface area contributed by atoms with Crippen LogP contribution in [-0.2, 0) is 11.0 Å². The first kappa shape index (κ1) is 21.3. The first-order valence-electron chi connectivity index (χ1n) is 9.77. The number of thioether (sulfide) groups is 1. The number of nitrogens with zero attached hydrogens (tertiary/aromatic N) is 2. The molecular weight excluding hydrogens is 387 g/mol. The van der Waals surface area contributed by atoms with E-state index in [1.165, 1.54) is 12.1 Å². The minimum absolute atomic E-state index is 0.0499. The Morgan fingerprint density at radius 1 is 1.18 bits per heavy atom. The number of hydrogen-bond acceptors (Lipinski definition) is 4. The Hall–Kier alpha value is -1.41. The van der Waals surface area contributed by atoms with E-state index in [1.807, 2.05) is 18.7 Å². The molecule has 1 amide bonds. The number of nitrogens with one attached hydrogen (secondary N) is 1. The van der Waals surface area contributed by atoms with Crippen molar-refractivity contribution in [3.63, 3.8) is 0 Å². The molecule has 4 nitrogen and oxygen atoms in total. The zero-order chi connectivity index (χ0) is 20.6. The number of carbonyl (C=O) groups is 1. The summed E-state index contributed by atoms with van der Waals surface area (Å²) in [5, 5.41) is 3.23. The molecule has 0 spiro atoms. The van der Waals surface area contributed by atoms with Gasteiger partial charge in [0.2, 0.25) is 5.91 Å². The number of hydrogen-bond donors (Lipinski definition) is 1. The molecule has 28 heavy (non-hydrogen) atoms. The zero-order valence-electron chi connectivity index (χ0n) is 16.6. The van der Waals surface area contributed by atoms with Crippen LogP contribution in [0.4, 0.5) is 18.9 Å². The van der Waals surface area contributed by atoms with Gasteiger partial charge >= 0.3 is 6.18 Å². The van der Waals surface area contributed by atoms with Crippen LogP contribution in [0.5, 0.6) is 0 Å². The maximum absolute atomic E-state index is 13.0. The lowest BCUT2D eigenvalue weighted by molar-refractivity contribution is -0.137. The van der Waals surface area contributed by atoms with Crippen molar-refractivity contribution in [2.45, 2.75) is 56.0 Å². The molecule has 156 valence electrons. The van der Waals surface area contributed by atoms with Gasteiger partial charge in [-0.25, -0.2) is 0 Å². The van der Waals surface area contributed by atoms with Gasteiger partial charge in [-0.05, 0) is 44.9 Å². The summed E-state index contributed by atoms with van der Waals surface area (Å²) in [6, 6.07) is 5.51. The molecule has 2 heterocycles. The number of carbonyl (C=O) groups excluding carboxylic acids is 1. The number of anilines is 1. The lowest BCUT2D eigenvalue weighted by atomic mass is 10.1. The van der Waals surface area contributed by atoms with Gasteiger partial charge in [0, 0.05) is 31.9 Å². The third-order valence-electron chi connectivity index (χ3n) is 5.48. The van der Waals surface area contributed by atoms with Gasteiger partial charge in [0.25, 0.3) is 0 Å². The smallest absolute Gasteiger partial charge is 0.369 e. The van der Waals surface area contributed by atoms with Crippen LogP contribution < -0.4 is 10.2 Å². The lowest BCUT2D eigenvalue weighted by Crippen LogP contribution is -2.60. The van der Waals surface area contributed by atoms with Crippen molar-refractivity contribution < 1.29 is 18.0 Å². The van der Waals surface area contributed by atoms with E-state index in [0.29, 0.717) is 31.9 Å². The summed E-state index contributed by atoms with van der Waals surface area (Å²) < 4.78 is 38.5. The fraction of sp³-hybridized carbons (Fsp3) is 0.650. The number of amides is 1. The molecule has 1 N–H and O–H groups in total. The van der Waals surface area contributed by atoms with Gasteiger partial charge in [0.1, 0.15) is 4.99 Å². The Bertz CT molecular complexity index is 717. The van der Waals surface area contributed by atoms with Gasteiger partial charge in [0.05, 0.1) is 10.3 Å². The Labute approximate surface area is 168 Å². The predicted molar refractivity (Wildman–Crippen MR) is 107 cm³/mol. The molecule has 2 aliphatic rings. The number of benzene rings is 1. The van der Waals surface area contributed by atoms with E-state index in [4.69, 9.17) is 0 Å². The van der Waals surface area contributed by atoms with E-state index < -0.39 is 21.5 Å². The molecule has 0 saturated carbocycles. The minimum atomic E-state index is -4.33. The molecule has 0 aromatic heterocycles. The van der Waals surface area contributed by atoms with Crippen molar-refractivity contribution in [1.82, 2.24) is 10.2 Å². The Morgan fingerprint density at radius 2 is 1.86 bits per heavy atom. The number of alkyl halides is 3. The van der Waals surface area contributed by atoms with Crippen LogP contribution in [-0.4, -0.2) is 46.7 Å². The molecule has 2 saturated heterocycles. The van der Waals surface area contributed by atoms with Crippen molar-refractivity contribution in [3.8, 4) is 0 Å². The summed E-state index contributed by atoms with van der Waals surface area (Å²) in [6.07, 6.45) is -1.41. The summed E-state index contributed by atoms with van der Waals surface area (Å²) in [5.74, 6) is 0.0499. The highest BCUT2D eigenvalue weighted by atomic mass is 32.2. The molecule has 1 unspecified atom stereocenters. The van der Waals surface area contributed by atoms with Gasteiger partial charge in [-0.2, -0.15) is 13.2 Å². The molecule has 8 heteroatoms. The van der Waals surface area contributed by atoms with E-state index >= 15 is 0 Å². The molecule has 3 rings (SSSR count). The maximum atomic E-state index is 13.0. The van der Waals surface area contributed by atoms with Crippen molar-refractivity contribution in [1.29, 1.82) is 0 Å². The highest BCUT2D eigenvalue weighted by Gasteiger charge is 2.53. The van der Waals surface area contributed by atoms with E-state index in [2.05, 4.69) is 17.1 Å². The average Bonchev–Trinajstić information content (AvgIpc) is 2.89. The number of rotatable bonds is 5. The van der Waals surface area contributed by atoms with Crippen molar-refractivity contribution >= 4 is 23.4 Å². The molecular formula is C20H28F3N3OS. The minimum Gasteiger partial charge on any atom is -0.369 e. The van der Waals surface area contributed by atoms with Gasteiger partial charge < -0.3 is 10.2 Å². The Morgan fingerprint density at radius 3 is 2.39 bits per heavy atom. The summed E-state index contributed by atoms with van der Waals surface area (Å²) in [6.45, 7) is 8.68. The first-order chi connectivity index (χ1) is 13.1. The molecule has 0 radical (unpaired) electrons. The van der Waals surface area contributed by atoms with Crippen LogP contribution in [0.1, 0.15) is 45.6 Å². The molecule has 2 fully saturated rings. The van der Waals surface area contributed by atoms with E-state index in [-0.39, 0.29) is 5.91 Å². The summed E-state index contributed by atoms with van der Waals surface area (Å²) in [7, 11) is 0. The van der Waals surface area contributed by atoms with Crippen molar-refractivity contribution in [2.24, 2.45) is 0 Å². The van der Waals surface area contributed by atoms with Crippen LogP contribution in [0.2, 0.25) is 0 Å². The standard InChI is InChI=1S/C20H28F3N3OS/c1-4-5-9-19(24-17(27)18(2,3)28-19)26-12-10-25(11-13-26)16-8-6-7-15(14-16)20(21,22)23/h6-8,14H,4-5,9-13H2,1-3H3,(H,24,27). The highest BCUT2D eigenvalue weighted by molar-refractivity contribution is 8.03.